The van der Waals surface area contributed by atoms with Crippen LogP contribution in [0.5, 0.6) is 0 Å². The highest BCUT2D eigenvalue weighted by Crippen LogP contribution is 2.29. The molecule has 1 N–H and O–H groups in total. The molecule has 0 amide bonds. The molecule has 3 aromatic rings. The Bertz CT molecular complexity index is 748. The average molecular weight is 384 g/mol. The van der Waals surface area contributed by atoms with E-state index in [1.807, 2.05) is 23.9 Å². The largest absolute Gasteiger partial charge is 0.380 e. The second-order valence-corrected chi connectivity index (χ2v) is 7.03. The van der Waals surface area contributed by atoms with Gasteiger partial charge < -0.3 is 5.32 Å². The molecule has 2 aromatic heterocycles. The molecule has 0 saturated carbocycles. The molecule has 2 heterocycles. The van der Waals surface area contributed by atoms with Crippen LogP contribution in [0, 0.1) is 0 Å². The van der Waals surface area contributed by atoms with Gasteiger partial charge in [-0.15, -0.1) is 11.3 Å². The van der Waals surface area contributed by atoms with Crippen molar-refractivity contribution in [1.29, 1.82) is 0 Å². The van der Waals surface area contributed by atoms with Crippen LogP contribution in [0.1, 0.15) is 4.88 Å². The van der Waals surface area contributed by atoms with Crippen LogP contribution in [-0.4, -0.2) is 14.8 Å². The number of benzene rings is 1. The maximum atomic E-state index is 5.83. The average Bonchev–Trinajstić information content (AvgIpc) is 3.03. The minimum absolute atomic E-state index is 0.569. The summed E-state index contributed by atoms with van der Waals surface area (Å²) < 4.78 is 3.40. The molecule has 0 aliphatic heterocycles. The Balaban J connectivity index is 1.80. The summed E-state index contributed by atoms with van der Waals surface area (Å²) in [6.45, 7) is 0.709. The Morgan fingerprint density at radius 1 is 1.38 bits per heavy atom. The molecule has 0 fully saturated rings. The summed E-state index contributed by atoms with van der Waals surface area (Å²) in [4.78, 5) is 5.14. The number of aromatic nitrogens is 3. The Labute approximate surface area is 139 Å². The van der Waals surface area contributed by atoms with Gasteiger partial charge in [0, 0.05) is 29.4 Å². The highest BCUT2D eigenvalue weighted by Gasteiger charge is 2.09. The maximum absolute atomic E-state index is 5.83. The van der Waals surface area contributed by atoms with Crippen LogP contribution >= 0.6 is 38.9 Å². The second-order valence-electron chi connectivity index (χ2n) is 4.48. The summed E-state index contributed by atoms with van der Waals surface area (Å²) in [5, 5.41) is 7.63. The molecule has 0 aliphatic carbocycles. The SMILES string of the molecule is Cn1ncc(Br)c1-c1cccc(NCc2cnc(Cl)s2)c1. The van der Waals surface area contributed by atoms with E-state index in [4.69, 9.17) is 11.6 Å². The topological polar surface area (TPSA) is 42.7 Å². The number of halogens is 2. The molecular weight excluding hydrogens is 372 g/mol. The molecule has 0 spiro atoms. The maximum Gasteiger partial charge on any atom is 0.183 e. The first-order chi connectivity index (χ1) is 10.1. The van der Waals surface area contributed by atoms with Gasteiger partial charge in [0.25, 0.3) is 0 Å². The molecule has 3 rings (SSSR count). The quantitative estimate of drug-likeness (QED) is 0.717. The van der Waals surface area contributed by atoms with Gasteiger partial charge in [0.2, 0.25) is 0 Å². The number of nitrogens with zero attached hydrogens (tertiary/aromatic N) is 3. The van der Waals surface area contributed by atoms with E-state index in [0.29, 0.717) is 11.0 Å². The molecule has 0 radical (unpaired) electrons. The van der Waals surface area contributed by atoms with E-state index in [1.54, 1.807) is 12.4 Å². The number of aryl methyl sites for hydroxylation is 1. The summed E-state index contributed by atoms with van der Waals surface area (Å²) in [6, 6.07) is 8.23. The standard InChI is InChI=1S/C14H12BrClN4S/c1-20-13(12(15)8-19-20)9-3-2-4-10(5-9)17-6-11-7-18-14(16)21-11/h2-5,7-8,17H,6H2,1H3. The van der Waals surface area contributed by atoms with Crippen molar-refractivity contribution in [2.75, 3.05) is 5.32 Å². The fraction of sp³-hybridized carbons (Fsp3) is 0.143. The number of thiazole rings is 1. The van der Waals surface area contributed by atoms with Crippen molar-refractivity contribution in [3.63, 3.8) is 0 Å². The number of hydrogen-bond donors (Lipinski definition) is 1. The monoisotopic (exact) mass is 382 g/mol. The zero-order chi connectivity index (χ0) is 14.8. The highest BCUT2D eigenvalue weighted by molar-refractivity contribution is 9.10. The lowest BCUT2D eigenvalue weighted by atomic mass is 10.1. The lowest BCUT2D eigenvalue weighted by Crippen LogP contribution is -1.98. The van der Waals surface area contributed by atoms with Gasteiger partial charge in [-0.05, 0) is 28.1 Å². The first-order valence-corrected chi connectivity index (χ1v) is 8.24. The van der Waals surface area contributed by atoms with Gasteiger partial charge in [0.05, 0.1) is 22.9 Å². The van der Waals surface area contributed by atoms with Crippen LogP contribution in [-0.2, 0) is 13.6 Å². The Morgan fingerprint density at radius 3 is 2.90 bits per heavy atom. The summed E-state index contributed by atoms with van der Waals surface area (Å²) in [6.07, 6.45) is 3.59. The van der Waals surface area contributed by atoms with E-state index >= 15 is 0 Å². The number of hydrogen-bond acceptors (Lipinski definition) is 4. The summed E-state index contributed by atoms with van der Waals surface area (Å²) in [5.74, 6) is 0. The Morgan fingerprint density at radius 2 is 2.24 bits per heavy atom. The molecule has 21 heavy (non-hydrogen) atoms. The van der Waals surface area contributed by atoms with E-state index in [9.17, 15) is 0 Å². The van der Waals surface area contributed by atoms with E-state index in [2.05, 4.69) is 43.5 Å². The van der Waals surface area contributed by atoms with E-state index in [-0.39, 0.29) is 0 Å². The number of anilines is 1. The molecule has 0 atom stereocenters. The summed E-state index contributed by atoms with van der Waals surface area (Å²) >= 11 is 10.9. The Hall–Kier alpha value is -1.37. The summed E-state index contributed by atoms with van der Waals surface area (Å²) in [7, 11) is 1.93. The third-order valence-corrected chi connectivity index (χ3v) is 4.72. The molecular formula is C14H12BrClN4S. The van der Waals surface area contributed by atoms with E-state index in [0.717, 1.165) is 26.3 Å². The fourth-order valence-corrected chi connectivity index (χ4v) is 3.56. The van der Waals surface area contributed by atoms with Crippen LogP contribution in [0.25, 0.3) is 11.3 Å². The minimum Gasteiger partial charge on any atom is -0.380 e. The van der Waals surface area contributed by atoms with Crippen LogP contribution in [0.4, 0.5) is 5.69 Å². The molecule has 0 unspecified atom stereocenters. The van der Waals surface area contributed by atoms with Crippen molar-refractivity contribution in [1.82, 2.24) is 14.8 Å². The molecule has 0 aliphatic rings. The van der Waals surface area contributed by atoms with E-state index in [1.165, 1.54) is 11.3 Å². The Kier molecular flexibility index (Phi) is 4.28. The zero-order valence-electron chi connectivity index (χ0n) is 11.2. The normalized spacial score (nSPS) is 10.8. The van der Waals surface area contributed by atoms with Crippen molar-refractivity contribution >= 4 is 44.6 Å². The second kappa shape index (κ2) is 6.17. The molecule has 1 aromatic carbocycles. The molecule has 108 valence electrons. The summed E-state index contributed by atoms with van der Waals surface area (Å²) in [5.41, 5.74) is 3.21. The van der Waals surface area contributed by atoms with Crippen molar-refractivity contribution in [2.24, 2.45) is 7.05 Å². The van der Waals surface area contributed by atoms with Gasteiger partial charge in [-0.2, -0.15) is 5.10 Å². The van der Waals surface area contributed by atoms with Gasteiger partial charge >= 0.3 is 0 Å². The van der Waals surface area contributed by atoms with Crippen molar-refractivity contribution < 1.29 is 0 Å². The molecule has 0 bridgehead atoms. The van der Waals surface area contributed by atoms with Crippen LogP contribution < -0.4 is 5.32 Å². The minimum atomic E-state index is 0.569. The lowest BCUT2D eigenvalue weighted by molar-refractivity contribution is 0.776. The third-order valence-electron chi connectivity index (χ3n) is 3.02. The van der Waals surface area contributed by atoms with Crippen molar-refractivity contribution in [3.8, 4) is 11.3 Å². The van der Waals surface area contributed by atoms with Crippen LogP contribution in [0.3, 0.4) is 0 Å². The first-order valence-electron chi connectivity index (χ1n) is 6.25. The van der Waals surface area contributed by atoms with Crippen molar-refractivity contribution in [2.45, 2.75) is 6.54 Å². The fourth-order valence-electron chi connectivity index (χ4n) is 2.07. The number of rotatable bonds is 4. The van der Waals surface area contributed by atoms with Gasteiger partial charge in [-0.1, -0.05) is 23.7 Å². The van der Waals surface area contributed by atoms with Crippen LogP contribution in [0.2, 0.25) is 4.47 Å². The van der Waals surface area contributed by atoms with Gasteiger partial charge in [-0.25, -0.2) is 4.98 Å². The van der Waals surface area contributed by atoms with E-state index < -0.39 is 0 Å². The van der Waals surface area contributed by atoms with Crippen LogP contribution in [0.15, 0.2) is 41.1 Å². The highest BCUT2D eigenvalue weighted by atomic mass is 79.9. The third kappa shape index (κ3) is 3.28. The van der Waals surface area contributed by atoms with Gasteiger partial charge in [-0.3, -0.25) is 4.68 Å². The van der Waals surface area contributed by atoms with Gasteiger partial charge in [0.1, 0.15) is 0 Å². The molecule has 4 nitrogen and oxygen atoms in total. The molecule has 7 heteroatoms. The lowest BCUT2D eigenvalue weighted by Gasteiger charge is -2.08. The first kappa shape index (κ1) is 14.6. The zero-order valence-corrected chi connectivity index (χ0v) is 14.3. The van der Waals surface area contributed by atoms with Crippen molar-refractivity contribution in [3.05, 3.63) is 50.5 Å². The van der Waals surface area contributed by atoms with Gasteiger partial charge in [0.15, 0.2) is 4.47 Å². The predicted molar refractivity (Wildman–Crippen MR) is 90.8 cm³/mol. The predicted octanol–water partition coefficient (Wildman–Crippen LogP) is 4.57. The number of nitrogens with one attached hydrogen (secondary N) is 1. The smallest absolute Gasteiger partial charge is 0.183 e. The molecule has 0 saturated heterocycles.